The van der Waals surface area contributed by atoms with Gasteiger partial charge >= 0.3 is 0 Å². The molecular weight excluding hydrogens is 260 g/mol. The summed E-state index contributed by atoms with van der Waals surface area (Å²) in [4.78, 5) is 12.2. The van der Waals surface area contributed by atoms with Crippen LogP contribution < -0.4 is 0 Å². The molecule has 104 valence electrons. The maximum atomic E-state index is 12.2. The van der Waals surface area contributed by atoms with Crippen LogP contribution in [0, 0.1) is 5.92 Å². The normalized spacial score (nSPS) is 29.9. The summed E-state index contributed by atoms with van der Waals surface area (Å²) in [7, 11) is 0. The van der Waals surface area contributed by atoms with E-state index in [-0.39, 0.29) is 12.2 Å². The van der Waals surface area contributed by atoms with Crippen LogP contribution >= 0.6 is 0 Å². The predicted octanol–water partition coefficient (Wildman–Crippen LogP) is 2.49. The second-order valence-corrected chi connectivity index (χ2v) is 4.93. The van der Waals surface area contributed by atoms with Gasteiger partial charge in [-0.3, -0.25) is 4.79 Å². The predicted molar refractivity (Wildman–Crippen MR) is 70.2 cm³/mol. The molecule has 0 radical (unpaired) electrons. The highest BCUT2D eigenvalue weighted by molar-refractivity contribution is 5.86. The van der Waals surface area contributed by atoms with E-state index in [9.17, 15) is 20.1 Å². The van der Waals surface area contributed by atoms with Crippen molar-refractivity contribution in [3.63, 3.8) is 0 Å². The van der Waals surface area contributed by atoms with Gasteiger partial charge in [0.2, 0.25) is 0 Å². The molecule has 3 unspecified atom stereocenters. The van der Waals surface area contributed by atoms with Crippen LogP contribution in [0.15, 0.2) is 53.7 Å². The van der Waals surface area contributed by atoms with Gasteiger partial charge in [0.15, 0.2) is 17.3 Å². The number of hydrogen-bond acceptors (Lipinski definition) is 5. The molecule has 0 bridgehead atoms. The molecule has 0 amide bonds. The Labute approximate surface area is 115 Å². The molecule has 5 nitrogen and oxygen atoms in total. The molecular formula is C15H14O5. The van der Waals surface area contributed by atoms with Crippen molar-refractivity contribution >= 4 is 5.78 Å². The first-order valence-electron chi connectivity index (χ1n) is 6.34. The Balaban J connectivity index is 1.91. The summed E-state index contributed by atoms with van der Waals surface area (Å²) < 4.78 is 5.77. The smallest absolute Gasteiger partial charge is 0.196 e. The molecule has 20 heavy (non-hydrogen) atoms. The molecule has 0 spiro atoms. The average Bonchev–Trinajstić information content (AvgIpc) is 2.45. The molecule has 1 fully saturated rings. The van der Waals surface area contributed by atoms with Crippen LogP contribution in [0.3, 0.4) is 0 Å². The number of hydrogen-bond donors (Lipinski definition) is 3. The third-order valence-electron chi connectivity index (χ3n) is 3.66. The molecule has 1 aromatic rings. The first-order chi connectivity index (χ1) is 9.58. The van der Waals surface area contributed by atoms with Gasteiger partial charge in [0.05, 0.1) is 12.2 Å². The Morgan fingerprint density at radius 3 is 2.50 bits per heavy atom. The number of aliphatic hydroxyl groups is 3. The molecule has 3 rings (SSSR count). The van der Waals surface area contributed by atoms with Crippen LogP contribution in [0.5, 0.6) is 0 Å². The third-order valence-corrected chi connectivity index (χ3v) is 3.66. The van der Waals surface area contributed by atoms with Gasteiger partial charge in [-0.1, -0.05) is 30.3 Å². The number of ether oxygens (including phenoxy) is 1. The summed E-state index contributed by atoms with van der Waals surface area (Å²) in [6, 6.07) is 9.30. The van der Waals surface area contributed by atoms with E-state index in [0.717, 1.165) is 5.56 Å². The number of fused-ring (bicyclic) bond motifs is 1. The van der Waals surface area contributed by atoms with E-state index in [4.69, 9.17) is 4.74 Å². The van der Waals surface area contributed by atoms with E-state index in [0.29, 0.717) is 0 Å². The van der Waals surface area contributed by atoms with E-state index in [1.165, 1.54) is 6.08 Å². The van der Waals surface area contributed by atoms with E-state index in [2.05, 4.69) is 0 Å². The number of Topliss-reactive ketones (excluding diaryl/α,β-unsaturated/α-hetero) is 1. The fraction of sp³-hybridized carbons (Fsp3) is 0.267. The maximum absolute atomic E-state index is 12.2. The number of carbonyl (C=O) groups excluding carboxylic acids is 1. The second kappa shape index (κ2) is 4.68. The van der Waals surface area contributed by atoms with Crippen molar-refractivity contribution in [2.75, 3.05) is 0 Å². The number of ketones is 1. The zero-order chi connectivity index (χ0) is 14.3. The lowest BCUT2D eigenvalue weighted by Gasteiger charge is -2.35. The lowest BCUT2D eigenvalue weighted by molar-refractivity contribution is -0.142. The van der Waals surface area contributed by atoms with Crippen LogP contribution in [-0.2, 0) is 9.53 Å². The summed E-state index contributed by atoms with van der Waals surface area (Å²) in [6.45, 7) is 0. The van der Waals surface area contributed by atoms with Crippen molar-refractivity contribution in [1.29, 1.82) is 0 Å². The summed E-state index contributed by atoms with van der Waals surface area (Å²) in [5.74, 6) is -2.80. The van der Waals surface area contributed by atoms with Gasteiger partial charge in [0, 0.05) is 6.42 Å². The topological polar surface area (TPSA) is 87.0 Å². The van der Waals surface area contributed by atoms with Crippen LogP contribution in [0.1, 0.15) is 18.1 Å². The van der Waals surface area contributed by atoms with Crippen molar-refractivity contribution in [2.24, 2.45) is 5.92 Å². The van der Waals surface area contributed by atoms with Crippen LogP contribution in [0.25, 0.3) is 0 Å². The highest BCUT2D eigenvalue weighted by Gasteiger charge is 2.43. The lowest BCUT2D eigenvalue weighted by Crippen LogP contribution is -2.40. The molecule has 0 saturated carbocycles. The molecule has 1 heterocycles. The van der Waals surface area contributed by atoms with Crippen molar-refractivity contribution in [3.8, 4) is 0 Å². The van der Waals surface area contributed by atoms with Gasteiger partial charge in [0.1, 0.15) is 11.7 Å². The first kappa shape index (κ1) is 12.7. The van der Waals surface area contributed by atoms with Crippen molar-refractivity contribution in [2.45, 2.75) is 18.6 Å². The van der Waals surface area contributed by atoms with E-state index < -0.39 is 35.4 Å². The number of carbonyl (C=O) groups is 1. The Kier molecular flexibility index (Phi) is 2.99. The largest absolute Gasteiger partial charge is 0.507 e. The van der Waals surface area contributed by atoms with Gasteiger partial charge in [0.25, 0.3) is 0 Å². The summed E-state index contributed by atoms with van der Waals surface area (Å²) >= 11 is 0. The van der Waals surface area contributed by atoms with Gasteiger partial charge in [-0.15, -0.1) is 0 Å². The highest BCUT2D eigenvalue weighted by atomic mass is 16.5. The van der Waals surface area contributed by atoms with Crippen LogP contribution in [0.2, 0.25) is 0 Å². The first-order valence-corrected chi connectivity index (χ1v) is 6.34. The van der Waals surface area contributed by atoms with Crippen LogP contribution in [-0.4, -0.2) is 27.2 Å². The van der Waals surface area contributed by atoms with Crippen molar-refractivity contribution in [1.82, 2.24) is 0 Å². The molecule has 1 saturated heterocycles. The second-order valence-electron chi connectivity index (χ2n) is 4.93. The Morgan fingerprint density at radius 2 is 1.80 bits per heavy atom. The molecule has 0 aromatic heterocycles. The summed E-state index contributed by atoms with van der Waals surface area (Å²) in [6.07, 6.45) is 0.198. The molecule has 2 aliphatic rings. The molecule has 5 heteroatoms. The molecule has 3 N–H and O–H groups in total. The average molecular weight is 274 g/mol. The van der Waals surface area contributed by atoms with Crippen molar-refractivity contribution in [3.05, 3.63) is 59.2 Å². The standard InChI is InChI=1S/C15H14O5/c16-9-6-11(8-4-2-1-3-5-8)20-12-7-10(17)14(18)15(19)13(9)12/h1-5,7,11-13,17-19H,6H2. The lowest BCUT2D eigenvalue weighted by atomic mass is 9.83. The fourth-order valence-electron chi connectivity index (χ4n) is 2.63. The Morgan fingerprint density at radius 1 is 1.10 bits per heavy atom. The highest BCUT2D eigenvalue weighted by Crippen LogP contribution is 2.39. The molecule has 1 aliphatic heterocycles. The Hall–Kier alpha value is -2.27. The summed E-state index contributed by atoms with van der Waals surface area (Å²) in [5.41, 5.74) is 0.866. The third kappa shape index (κ3) is 1.96. The monoisotopic (exact) mass is 274 g/mol. The Bertz CT molecular complexity index is 602. The van der Waals surface area contributed by atoms with Gasteiger partial charge in [-0.25, -0.2) is 0 Å². The van der Waals surface area contributed by atoms with Gasteiger partial charge < -0.3 is 20.1 Å². The molecule has 1 aromatic carbocycles. The number of aliphatic hydroxyl groups excluding tert-OH is 3. The zero-order valence-electron chi connectivity index (χ0n) is 10.6. The van der Waals surface area contributed by atoms with Crippen LogP contribution in [0.4, 0.5) is 0 Å². The van der Waals surface area contributed by atoms with E-state index in [1.807, 2.05) is 30.3 Å². The number of rotatable bonds is 1. The quantitative estimate of drug-likeness (QED) is 0.732. The van der Waals surface area contributed by atoms with Gasteiger partial charge in [-0.05, 0) is 11.6 Å². The SMILES string of the molecule is O=C1CC(c2ccccc2)OC2C=C(O)C(O)=C(O)C12. The summed E-state index contributed by atoms with van der Waals surface area (Å²) in [5, 5.41) is 28.8. The van der Waals surface area contributed by atoms with Crippen molar-refractivity contribution < 1.29 is 24.9 Å². The minimum atomic E-state index is -0.939. The molecule has 1 aliphatic carbocycles. The zero-order valence-corrected chi connectivity index (χ0v) is 10.6. The van der Waals surface area contributed by atoms with Gasteiger partial charge in [-0.2, -0.15) is 0 Å². The number of benzene rings is 1. The minimum Gasteiger partial charge on any atom is -0.507 e. The molecule has 3 atom stereocenters. The maximum Gasteiger partial charge on any atom is 0.196 e. The minimum absolute atomic E-state index is 0.122. The van der Waals surface area contributed by atoms with E-state index in [1.54, 1.807) is 0 Å². The fourth-order valence-corrected chi connectivity index (χ4v) is 2.63. The van der Waals surface area contributed by atoms with E-state index >= 15 is 0 Å².